The van der Waals surface area contributed by atoms with Gasteiger partial charge in [-0.15, -0.1) is 0 Å². The molecule has 6 heteroatoms. The van der Waals surface area contributed by atoms with Crippen LogP contribution in [0.25, 0.3) is 0 Å². The van der Waals surface area contributed by atoms with Gasteiger partial charge >= 0.3 is 11.9 Å². The van der Waals surface area contributed by atoms with Gasteiger partial charge in [-0.05, 0) is 25.7 Å². The summed E-state index contributed by atoms with van der Waals surface area (Å²) in [7, 11) is 0. The molecule has 1 aliphatic rings. The van der Waals surface area contributed by atoms with Gasteiger partial charge in [-0.3, -0.25) is 14.4 Å². The first-order valence-electron chi connectivity index (χ1n) is 12.5. The van der Waals surface area contributed by atoms with E-state index in [1.165, 1.54) is 25.7 Å². The summed E-state index contributed by atoms with van der Waals surface area (Å²) in [5.74, 6) is -0.411. The zero-order chi connectivity index (χ0) is 23.2. The molecule has 0 aliphatic carbocycles. The molecule has 3 atom stereocenters. The van der Waals surface area contributed by atoms with E-state index in [4.69, 9.17) is 9.47 Å². The molecule has 1 rings (SSSR count). The number of likely N-dealkylation sites (tertiary alicyclic amines) is 1. The Hall–Kier alpha value is -1.59. The molecule has 180 valence electrons. The number of carbonyl (C=O) groups is 3. The normalized spacial score (nSPS) is 19.1. The first-order chi connectivity index (χ1) is 14.8. The van der Waals surface area contributed by atoms with Crippen LogP contribution in [0.5, 0.6) is 0 Å². The minimum absolute atomic E-state index is 0.0148. The molecule has 1 saturated heterocycles. The van der Waals surface area contributed by atoms with Crippen LogP contribution in [0.4, 0.5) is 0 Å². The lowest BCUT2D eigenvalue weighted by Gasteiger charge is -2.49. The van der Waals surface area contributed by atoms with Crippen molar-refractivity contribution in [2.75, 3.05) is 13.2 Å². The average molecular weight is 440 g/mol. The van der Waals surface area contributed by atoms with E-state index in [-0.39, 0.29) is 61.4 Å². The molecule has 0 N–H and O–H groups in total. The Labute approximate surface area is 189 Å². The van der Waals surface area contributed by atoms with E-state index in [0.717, 1.165) is 32.1 Å². The highest BCUT2D eigenvalue weighted by Crippen LogP contribution is 2.30. The first-order valence-corrected chi connectivity index (χ1v) is 12.5. The van der Waals surface area contributed by atoms with Crippen LogP contribution in [0.15, 0.2) is 0 Å². The third kappa shape index (κ3) is 10.0. The summed E-state index contributed by atoms with van der Waals surface area (Å²) < 4.78 is 10.9. The summed E-state index contributed by atoms with van der Waals surface area (Å²) in [4.78, 5) is 38.5. The number of rotatable bonds is 16. The summed E-state index contributed by atoms with van der Waals surface area (Å²) in [5, 5.41) is 0. The number of carbonyl (C=O) groups excluding carboxylic acids is 3. The minimum atomic E-state index is -0.282. The van der Waals surface area contributed by atoms with Crippen molar-refractivity contribution in [2.45, 2.75) is 117 Å². The SMILES string of the molecule is CCCCCCCCC(=O)OCC(CC)CC(=O)OCC1CC(CC)N1C(=O)C(C)C. The maximum Gasteiger partial charge on any atom is 0.306 e. The van der Waals surface area contributed by atoms with Crippen molar-refractivity contribution in [3.05, 3.63) is 0 Å². The standard InChI is InChI=1S/C25H45NO5/c1-6-9-10-11-12-13-14-23(27)30-17-20(7-2)15-24(28)31-18-22-16-21(8-3)26(22)25(29)19(4)5/h19-22H,6-18H2,1-5H3. The Bertz CT molecular complexity index is 548. The van der Waals surface area contributed by atoms with Crippen molar-refractivity contribution in [3.63, 3.8) is 0 Å². The molecule has 1 heterocycles. The van der Waals surface area contributed by atoms with E-state index in [9.17, 15) is 14.4 Å². The Morgan fingerprint density at radius 3 is 2.19 bits per heavy atom. The lowest BCUT2D eigenvalue weighted by Crippen LogP contribution is -2.61. The van der Waals surface area contributed by atoms with Crippen molar-refractivity contribution in [2.24, 2.45) is 11.8 Å². The number of hydrogen-bond donors (Lipinski definition) is 0. The number of ether oxygens (including phenoxy) is 2. The second kappa shape index (κ2) is 15.3. The summed E-state index contributed by atoms with van der Waals surface area (Å²) in [5.41, 5.74) is 0. The van der Waals surface area contributed by atoms with Gasteiger partial charge in [0.1, 0.15) is 6.61 Å². The van der Waals surface area contributed by atoms with Gasteiger partial charge in [0.15, 0.2) is 0 Å². The topological polar surface area (TPSA) is 72.9 Å². The van der Waals surface area contributed by atoms with Crippen LogP contribution >= 0.6 is 0 Å². The van der Waals surface area contributed by atoms with Gasteiger partial charge in [0, 0.05) is 24.3 Å². The van der Waals surface area contributed by atoms with E-state index in [2.05, 4.69) is 13.8 Å². The third-order valence-electron chi connectivity index (χ3n) is 6.23. The molecule has 0 saturated carbocycles. The highest BCUT2D eigenvalue weighted by Gasteiger charge is 2.41. The van der Waals surface area contributed by atoms with Crippen molar-refractivity contribution >= 4 is 17.8 Å². The van der Waals surface area contributed by atoms with Gasteiger partial charge in [0.25, 0.3) is 0 Å². The van der Waals surface area contributed by atoms with Gasteiger partial charge in [-0.2, -0.15) is 0 Å². The molecule has 0 aromatic heterocycles. The smallest absolute Gasteiger partial charge is 0.306 e. The fourth-order valence-corrected chi connectivity index (χ4v) is 4.01. The van der Waals surface area contributed by atoms with Crippen molar-refractivity contribution in [1.82, 2.24) is 4.90 Å². The Balaban J connectivity index is 2.27. The summed E-state index contributed by atoms with van der Waals surface area (Å²) >= 11 is 0. The molecule has 1 aliphatic heterocycles. The molecular formula is C25H45NO5. The summed E-state index contributed by atoms with van der Waals surface area (Å²) in [6.07, 6.45) is 10.1. The predicted octanol–water partition coefficient (Wildman–Crippen LogP) is 5.28. The fraction of sp³-hybridized carbons (Fsp3) is 0.880. The lowest BCUT2D eigenvalue weighted by atomic mass is 9.89. The third-order valence-corrected chi connectivity index (χ3v) is 6.23. The molecule has 0 spiro atoms. The van der Waals surface area contributed by atoms with E-state index in [0.29, 0.717) is 6.42 Å². The van der Waals surface area contributed by atoms with Crippen molar-refractivity contribution in [3.8, 4) is 0 Å². The molecule has 31 heavy (non-hydrogen) atoms. The highest BCUT2D eigenvalue weighted by atomic mass is 16.5. The first kappa shape index (κ1) is 27.4. The van der Waals surface area contributed by atoms with Crippen LogP contribution in [-0.2, 0) is 23.9 Å². The zero-order valence-corrected chi connectivity index (χ0v) is 20.5. The number of esters is 2. The van der Waals surface area contributed by atoms with Crippen LogP contribution in [-0.4, -0.2) is 48.0 Å². The fourth-order valence-electron chi connectivity index (χ4n) is 4.01. The van der Waals surface area contributed by atoms with E-state index in [1.807, 2.05) is 25.7 Å². The molecule has 0 aromatic carbocycles. The molecule has 0 radical (unpaired) electrons. The Kier molecular flexibility index (Phi) is 13.5. The quantitative estimate of drug-likeness (QED) is 0.242. The minimum Gasteiger partial charge on any atom is -0.465 e. The summed E-state index contributed by atoms with van der Waals surface area (Å²) in [6.45, 7) is 10.6. The molecule has 1 amide bonds. The predicted molar refractivity (Wildman–Crippen MR) is 122 cm³/mol. The molecular weight excluding hydrogens is 394 g/mol. The van der Waals surface area contributed by atoms with E-state index in [1.54, 1.807) is 0 Å². The van der Waals surface area contributed by atoms with Gasteiger partial charge < -0.3 is 14.4 Å². The maximum absolute atomic E-state index is 12.4. The monoisotopic (exact) mass is 439 g/mol. The maximum atomic E-state index is 12.4. The van der Waals surface area contributed by atoms with Crippen LogP contribution in [0.2, 0.25) is 0 Å². The molecule has 0 aromatic rings. The second-order valence-electron chi connectivity index (χ2n) is 9.21. The lowest BCUT2D eigenvalue weighted by molar-refractivity contribution is -0.160. The highest BCUT2D eigenvalue weighted by molar-refractivity contribution is 5.79. The van der Waals surface area contributed by atoms with Crippen LogP contribution in [0.3, 0.4) is 0 Å². The second-order valence-corrected chi connectivity index (χ2v) is 9.21. The number of amides is 1. The number of nitrogens with zero attached hydrogens (tertiary/aromatic N) is 1. The van der Waals surface area contributed by atoms with Crippen LogP contribution < -0.4 is 0 Å². The van der Waals surface area contributed by atoms with E-state index < -0.39 is 0 Å². The van der Waals surface area contributed by atoms with Crippen molar-refractivity contribution in [1.29, 1.82) is 0 Å². The van der Waals surface area contributed by atoms with Crippen molar-refractivity contribution < 1.29 is 23.9 Å². The van der Waals surface area contributed by atoms with Gasteiger partial charge in [0.2, 0.25) is 5.91 Å². The number of hydrogen-bond acceptors (Lipinski definition) is 5. The van der Waals surface area contributed by atoms with Gasteiger partial charge in [-0.1, -0.05) is 66.7 Å². The van der Waals surface area contributed by atoms with Gasteiger partial charge in [-0.25, -0.2) is 0 Å². The molecule has 1 fully saturated rings. The number of unbranched alkanes of at least 4 members (excludes halogenated alkanes) is 5. The Morgan fingerprint density at radius 1 is 0.903 bits per heavy atom. The van der Waals surface area contributed by atoms with E-state index >= 15 is 0 Å². The Morgan fingerprint density at radius 2 is 1.58 bits per heavy atom. The average Bonchev–Trinajstić information content (AvgIpc) is 2.72. The van der Waals surface area contributed by atoms with Crippen LogP contribution in [0, 0.1) is 11.8 Å². The molecule has 0 bridgehead atoms. The molecule has 6 nitrogen and oxygen atoms in total. The molecule has 3 unspecified atom stereocenters. The van der Waals surface area contributed by atoms with Crippen LogP contribution in [0.1, 0.15) is 105 Å². The largest absolute Gasteiger partial charge is 0.465 e. The summed E-state index contributed by atoms with van der Waals surface area (Å²) in [6, 6.07) is 0.243. The van der Waals surface area contributed by atoms with Gasteiger partial charge in [0.05, 0.1) is 19.1 Å². The zero-order valence-electron chi connectivity index (χ0n) is 20.5.